The van der Waals surface area contributed by atoms with E-state index in [1.807, 2.05) is 73.4 Å². The number of carbonyl (C=O) groups is 1. The number of aliphatic hydroxyl groups is 1. The standard InChI is InChI=1S/C29H38N4O5/c1-22-5-8-26(9-6-22)38-21-29(35)19-31(11-12-32(20-29)24(3)34)18-25-7-10-27(28(15-25)36-4)37-14-13-33-17-23(2)16-30-33/h5-10,15-17,35H,11-14,18-21H2,1-4H3. The lowest BCUT2D eigenvalue weighted by molar-refractivity contribution is -0.132. The first-order valence-corrected chi connectivity index (χ1v) is 12.9. The Hall–Kier alpha value is -3.56. The van der Waals surface area contributed by atoms with Crippen LogP contribution in [0.15, 0.2) is 54.9 Å². The molecule has 1 fully saturated rings. The van der Waals surface area contributed by atoms with Gasteiger partial charge in [0.15, 0.2) is 11.5 Å². The van der Waals surface area contributed by atoms with E-state index in [1.165, 1.54) is 6.92 Å². The summed E-state index contributed by atoms with van der Waals surface area (Å²) in [5.41, 5.74) is 2.06. The van der Waals surface area contributed by atoms with Gasteiger partial charge in [-0.15, -0.1) is 0 Å². The summed E-state index contributed by atoms with van der Waals surface area (Å²) in [6, 6.07) is 13.6. The van der Waals surface area contributed by atoms with Crippen LogP contribution in [0.1, 0.15) is 23.6 Å². The van der Waals surface area contributed by atoms with Crippen LogP contribution in [0.5, 0.6) is 17.2 Å². The van der Waals surface area contributed by atoms with Gasteiger partial charge in [-0.1, -0.05) is 23.8 Å². The number of hydrogen-bond donors (Lipinski definition) is 1. The van der Waals surface area contributed by atoms with Gasteiger partial charge in [0, 0.05) is 39.3 Å². The molecule has 0 bridgehead atoms. The highest BCUT2D eigenvalue weighted by molar-refractivity contribution is 5.73. The van der Waals surface area contributed by atoms with Gasteiger partial charge in [0.2, 0.25) is 5.91 Å². The molecular weight excluding hydrogens is 484 g/mol. The van der Waals surface area contributed by atoms with E-state index in [-0.39, 0.29) is 19.1 Å². The maximum Gasteiger partial charge on any atom is 0.219 e. The molecule has 9 nitrogen and oxygen atoms in total. The summed E-state index contributed by atoms with van der Waals surface area (Å²) in [5.74, 6) is 1.95. The van der Waals surface area contributed by atoms with Crippen LogP contribution < -0.4 is 14.2 Å². The van der Waals surface area contributed by atoms with Crippen LogP contribution in [-0.4, -0.2) is 82.7 Å². The predicted octanol–water partition coefficient (Wildman–Crippen LogP) is 3.06. The lowest BCUT2D eigenvalue weighted by Gasteiger charge is -2.32. The number of hydrogen-bond acceptors (Lipinski definition) is 7. The Morgan fingerprint density at radius 3 is 2.50 bits per heavy atom. The van der Waals surface area contributed by atoms with Gasteiger partial charge < -0.3 is 24.2 Å². The number of ether oxygens (including phenoxy) is 3. The van der Waals surface area contributed by atoms with Crippen LogP contribution >= 0.6 is 0 Å². The van der Waals surface area contributed by atoms with E-state index in [9.17, 15) is 9.90 Å². The molecule has 0 saturated carbocycles. The van der Waals surface area contributed by atoms with Gasteiger partial charge in [0.25, 0.3) is 0 Å². The van der Waals surface area contributed by atoms with Crippen LogP contribution in [0.4, 0.5) is 0 Å². The summed E-state index contributed by atoms with van der Waals surface area (Å²) in [7, 11) is 1.63. The van der Waals surface area contributed by atoms with Crippen molar-refractivity contribution < 1.29 is 24.1 Å². The first-order valence-electron chi connectivity index (χ1n) is 12.9. The van der Waals surface area contributed by atoms with Gasteiger partial charge in [-0.2, -0.15) is 5.10 Å². The van der Waals surface area contributed by atoms with E-state index in [0.29, 0.717) is 56.6 Å². The number of benzene rings is 2. The van der Waals surface area contributed by atoms with Gasteiger partial charge in [-0.05, 0) is 49.2 Å². The zero-order valence-corrected chi connectivity index (χ0v) is 22.7. The number of methoxy groups -OCH3 is 1. The molecule has 9 heteroatoms. The van der Waals surface area contributed by atoms with E-state index in [1.54, 1.807) is 12.0 Å². The van der Waals surface area contributed by atoms with E-state index in [2.05, 4.69) is 10.00 Å². The van der Waals surface area contributed by atoms with E-state index in [4.69, 9.17) is 14.2 Å². The van der Waals surface area contributed by atoms with Gasteiger partial charge in [0.1, 0.15) is 24.6 Å². The molecule has 1 atom stereocenters. The Morgan fingerprint density at radius 2 is 1.82 bits per heavy atom. The first-order chi connectivity index (χ1) is 18.2. The third-order valence-electron chi connectivity index (χ3n) is 6.64. The fraction of sp³-hybridized carbons (Fsp3) is 0.448. The van der Waals surface area contributed by atoms with Crippen molar-refractivity contribution in [1.29, 1.82) is 0 Å². The van der Waals surface area contributed by atoms with Crippen molar-refractivity contribution in [3.05, 3.63) is 71.5 Å². The fourth-order valence-electron chi connectivity index (χ4n) is 4.62. The van der Waals surface area contributed by atoms with Gasteiger partial charge in [-0.25, -0.2) is 0 Å². The molecule has 38 heavy (non-hydrogen) atoms. The van der Waals surface area contributed by atoms with Crippen LogP contribution in [0.25, 0.3) is 0 Å². The van der Waals surface area contributed by atoms with Crippen molar-refractivity contribution in [2.45, 2.75) is 39.5 Å². The van der Waals surface area contributed by atoms with Crippen molar-refractivity contribution in [3.63, 3.8) is 0 Å². The molecule has 1 amide bonds. The SMILES string of the molecule is COc1cc(CN2CCN(C(C)=O)CC(O)(COc3ccc(C)cc3)C2)ccc1OCCn1cc(C)cn1. The summed E-state index contributed by atoms with van der Waals surface area (Å²) >= 11 is 0. The highest BCUT2D eigenvalue weighted by Gasteiger charge is 2.37. The largest absolute Gasteiger partial charge is 0.493 e. The second-order valence-corrected chi connectivity index (χ2v) is 10.1. The Labute approximate surface area is 224 Å². The normalized spacial score (nSPS) is 18.2. The highest BCUT2D eigenvalue weighted by atomic mass is 16.5. The minimum Gasteiger partial charge on any atom is -0.493 e. The maximum atomic E-state index is 12.2. The Bertz CT molecular complexity index is 1210. The van der Waals surface area contributed by atoms with Crippen LogP contribution in [0.2, 0.25) is 0 Å². The molecule has 204 valence electrons. The minimum absolute atomic E-state index is 0.0611. The quantitative estimate of drug-likeness (QED) is 0.438. The highest BCUT2D eigenvalue weighted by Crippen LogP contribution is 2.29. The van der Waals surface area contributed by atoms with E-state index >= 15 is 0 Å². The number of aryl methyl sites for hydroxylation is 2. The summed E-state index contributed by atoms with van der Waals surface area (Å²) in [6.07, 6.45) is 3.80. The zero-order chi connectivity index (χ0) is 27.1. The predicted molar refractivity (Wildman–Crippen MR) is 145 cm³/mol. The van der Waals surface area contributed by atoms with Gasteiger partial charge >= 0.3 is 0 Å². The molecule has 1 aliphatic heterocycles. The Morgan fingerprint density at radius 1 is 1.03 bits per heavy atom. The molecule has 2 aromatic carbocycles. The summed E-state index contributed by atoms with van der Waals surface area (Å²) in [6.45, 7) is 9.10. The van der Waals surface area contributed by atoms with Crippen molar-refractivity contribution in [3.8, 4) is 17.2 Å². The smallest absolute Gasteiger partial charge is 0.219 e. The topological polar surface area (TPSA) is 89.3 Å². The third kappa shape index (κ3) is 7.49. The number of carbonyl (C=O) groups excluding carboxylic acids is 1. The van der Waals surface area contributed by atoms with E-state index < -0.39 is 5.60 Å². The molecular formula is C29H38N4O5. The fourth-order valence-corrected chi connectivity index (χ4v) is 4.62. The van der Waals surface area contributed by atoms with E-state index in [0.717, 1.165) is 16.7 Å². The average Bonchev–Trinajstić information content (AvgIpc) is 3.23. The second-order valence-electron chi connectivity index (χ2n) is 10.1. The molecule has 0 aliphatic carbocycles. The van der Waals surface area contributed by atoms with Crippen LogP contribution in [0, 0.1) is 13.8 Å². The molecule has 0 spiro atoms. The molecule has 0 radical (unpaired) electrons. The molecule has 3 aromatic rings. The number of amides is 1. The minimum atomic E-state index is -1.22. The number of aromatic nitrogens is 2. The molecule has 1 unspecified atom stereocenters. The van der Waals surface area contributed by atoms with Gasteiger partial charge in [0.05, 0.1) is 26.4 Å². The summed E-state index contributed by atoms with van der Waals surface area (Å²) < 4.78 is 19.4. The van der Waals surface area contributed by atoms with Crippen LogP contribution in [0.3, 0.4) is 0 Å². The summed E-state index contributed by atoms with van der Waals surface area (Å²) in [4.78, 5) is 16.1. The summed E-state index contributed by atoms with van der Waals surface area (Å²) in [5, 5.41) is 15.8. The number of nitrogens with zero attached hydrogens (tertiary/aromatic N) is 4. The zero-order valence-electron chi connectivity index (χ0n) is 22.7. The van der Waals surface area contributed by atoms with Crippen LogP contribution in [-0.2, 0) is 17.9 Å². The second kappa shape index (κ2) is 12.3. The van der Waals surface area contributed by atoms with Crippen molar-refractivity contribution in [1.82, 2.24) is 19.6 Å². The average molecular weight is 523 g/mol. The maximum absolute atomic E-state index is 12.2. The Balaban J connectivity index is 1.41. The first kappa shape index (κ1) is 27.5. The molecule has 4 rings (SSSR count). The molecule has 1 aromatic heterocycles. The molecule has 1 saturated heterocycles. The van der Waals surface area contributed by atoms with Gasteiger partial charge in [-0.3, -0.25) is 14.4 Å². The van der Waals surface area contributed by atoms with Crippen molar-refractivity contribution in [2.24, 2.45) is 0 Å². The van der Waals surface area contributed by atoms with Crippen molar-refractivity contribution in [2.75, 3.05) is 46.5 Å². The molecule has 1 aliphatic rings. The van der Waals surface area contributed by atoms with Crippen molar-refractivity contribution >= 4 is 5.91 Å². The number of β-amino-alcohol motifs (C(OH)–C–C–N with tert-alkyl or cyclic N) is 1. The lowest BCUT2D eigenvalue weighted by atomic mass is 10.0. The Kier molecular flexibility index (Phi) is 8.91. The number of rotatable bonds is 10. The lowest BCUT2D eigenvalue weighted by Crippen LogP contribution is -2.51. The molecule has 2 heterocycles. The third-order valence-corrected chi connectivity index (χ3v) is 6.64. The monoisotopic (exact) mass is 522 g/mol. The molecule has 1 N–H and O–H groups in total.